The van der Waals surface area contributed by atoms with Gasteiger partial charge in [0.15, 0.2) is 0 Å². The highest BCUT2D eigenvalue weighted by Crippen LogP contribution is 2.29. The SMILES string of the molecule is COc1ccc(NC(=O)Cn2c(=O)n(Cc3nc(-c4ccccc4)no3)c(=O)c3ccccc32)c(OC)c1. The highest BCUT2D eigenvalue weighted by atomic mass is 16.5. The van der Waals surface area contributed by atoms with Gasteiger partial charge in [0.05, 0.1) is 30.8 Å². The van der Waals surface area contributed by atoms with Crippen molar-refractivity contribution in [3.05, 3.63) is 99.5 Å². The van der Waals surface area contributed by atoms with Gasteiger partial charge in [-0.2, -0.15) is 4.98 Å². The van der Waals surface area contributed by atoms with Gasteiger partial charge in [0, 0.05) is 11.6 Å². The van der Waals surface area contributed by atoms with Crippen molar-refractivity contribution in [2.45, 2.75) is 13.1 Å². The van der Waals surface area contributed by atoms with E-state index in [2.05, 4.69) is 15.5 Å². The van der Waals surface area contributed by atoms with E-state index in [1.54, 1.807) is 42.5 Å². The average molecular weight is 514 g/mol. The fraction of sp³-hybridized carbons (Fsp3) is 0.148. The molecule has 5 rings (SSSR count). The Balaban J connectivity index is 1.49. The van der Waals surface area contributed by atoms with Crippen molar-refractivity contribution in [3.63, 3.8) is 0 Å². The number of methoxy groups -OCH3 is 2. The van der Waals surface area contributed by atoms with Gasteiger partial charge in [-0.25, -0.2) is 4.79 Å². The molecule has 0 radical (unpaired) electrons. The van der Waals surface area contributed by atoms with E-state index in [-0.39, 0.29) is 24.4 Å². The topological polar surface area (TPSA) is 130 Å². The van der Waals surface area contributed by atoms with E-state index < -0.39 is 17.2 Å². The van der Waals surface area contributed by atoms with Gasteiger partial charge >= 0.3 is 5.69 Å². The molecule has 0 atom stereocenters. The molecule has 0 unspecified atom stereocenters. The third-order valence-electron chi connectivity index (χ3n) is 5.91. The second-order valence-electron chi connectivity index (χ2n) is 8.27. The number of rotatable bonds is 8. The van der Waals surface area contributed by atoms with E-state index in [1.165, 1.54) is 18.8 Å². The predicted octanol–water partition coefficient (Wildman–Crippen LogP) is 2.92. The van der Waals surface area contributed by atoms with E-state index in [0.717, 1.165) is 10.1 Å². The minimum atomic E-state index is -0.690. The van der Waals surface area contributed by atoms with Crippen molar-refractivity contribution in [2.24, 2.45) is 0 Å². The maximum Gasteiger partial charge on any atom is 0.332 e. The van der Waals surface area contributed by atoms with Gasteiger partial charge in [-0.15, -0.1) is 0 Å². The van der Waals surface area contributed by atoms with Crippen LogP contribution in [0.2, 0.25) is 0 Å². The molecule has 1 amide bonds. The lowest BCUT2D eigenvalue weighted by atomic mass is 10.2. The Labute approximate surface area is 215 Å². The van der Waals surface area contributed by atoms with Crippen LogP contribution in [0.3, 0.4) is 0 Å². The van der Waals surface area contributed by atoms with Crippen molar-refractivity contribution < 1.29 is 18.8 Å². The van der Waals surface area contributed by atoms with E-state index in [9.17, 15) is 14.4 Å². The predicted molar refractivity (Wildman–Crippen MR) is 139 cm³/mol. The van der Waals surface area contributed by atoms with Gasteiger partial charge < -0.3 is 19.3 Å². The number of amides is 1. The molecule has 0 aliphatic heterocycles. The largest absolute Gasteiger partial charge is 0.497 e. The summed E-state index contributed by atoms with van der Waals surface area (Å²) in [6, 6.07) is 20.7. The van der Waals surface area contributed by atoms with E-state index >= 15 is 0 Å². The van der Waals surface area contributed by atoms with Gasteiger partial charge in [-0.3, -0.25) is 18.7 Å². The molecule has 5 aromatic rings. The summed E-state index contributed by atoms with van der Waals surface area (Å²) in [6.07, 6.45) is 0. The Morgan fingerprint density at radius 3 is 2.47 bits per heavy atom. The van der Waals surface area contributed by atoms with Crippen molar-refractivity contribution in [2.75, 3.05) is 19.5 Å². The molecule has 0 saturated heterocycles. The van der Waals surface area contributed by atoms with Crippen LogP contribution in [0, 0.1) is 0 Å². The first-order valence-corrected chi connectivity index (χ1v) is 11.6. The first-order chi connectivity index (χ1) is 18.5. The zero-order valence-corrected chi connectivity index (χ0v) is 20.6. The third-order valence-corrected chi connectivity index (χ3v) is 5.91. The van der Waals surface area contributed by atoms with Crippen LogP contribution in [0.4, 0.5) is 5.69 Å². The van der Waals surface area contributed by atoms with E-state index in [0.29, 0.717) is 28.5 Å². The van der Waals surface area contributed by atoms with Gasteiger partial charge in [-0.05, 0) is 24.3 Å². The van der Waals surface area contributed by atoms with Gasteiger partial charge in [0.2, 0.25) is 17.6 Å². The molecule has 11 nitrogen and oxygen atoms in total. The van der Waals surface area contributed by atoms with Crippen LogP contribution in [-0.4, -0.2) is 39.4 Å². The highest BCUT2D eigenvalue weighted by molar-refractivity contribution is 5.93. The molecule has 0 aliphatic rings. The number of fused-ring (bicyclic) bond motifs is 1. The summed E-state index contributed by atoms with van der Waals surface area (Å²) in [4.78, 5) is 44.1. The van der Waals surface area contributed by atoms with Crippen molar-refractivity contribution in [3.8, 4) is 22.9 Å². The smallest absolute Gasteiger partial charge is 0.332 e. The van der Waals surface area contributed by atoms with E-state index in [4.69, 9.17) is 14.0 Å². The first-order valence-electron chi connectivity index (χ1n) is 11.6. The Hall–Kier alpha value is -5.19. The molecule has 0 spiro atoms. The fourth-order valence-corrected chi connectivity index (χ4v) is 4.06. The zero-order valence-electron chi connectivity index (χ0n) is 20.6. The summed E-state index contributed by atoms with van der Waals surface area (Å²) in [6.45, 7) is -0.607. The minimum absolute atomic E-state index is 0.0808. The molecule has 192 valence electrons. The molecule has 0 saturated carbocycles. The molecule has 3 aromatic carbocycles. The summed E-state index contributed by atoms with van der Waals surface area (Å²) in [5, 5.41) is 6.97. The number of nitrogens with one attached hydrogen (secondary N) is 1. The summed E-state index contributed by atoms with van der Waals surface area (Å²) in [5.41, 5.74) is 0.245. The summed E-state index contributed by atoms with van der Waals surface area (Å²) >= 11 is 0. The number of ether oxygens (including phenoxy) is 2. The van der Waals surface area contributed by atoms with Gasteiger partial charge in [0.25, 0.3) is 5.56 Å². The Morgan fingerprint density at radius 2 is 1.71 bits per heavy atom. The molecule has 1 N–H and O–H groups in total. The summed E-state index contributed by atoms with van der Waals surface area (Å²) < 4.78 is 18.1. The van der Waals surface area contributed by atoms with E-state index in [1.807, 2.05) is 30.3 Å². The minimum Gasteiger partial charge on any atom is -0.497 e. The fourth-order valence-electron chi connectivity index (χ4n) is 4.06. The molecule has 38 heavy (non-hydrogen) atoms. The number of para-hydroxylation sites is 1. The van der Waals surface area contributed by atoms with Crippen LogP contribution < -0.4 is 26.0 Å². The number of benzene rings is 3. The van der Waals surface area contributed by atoms with Crippen LogP contribution in [0.15, 0.2) is 86.9 Å². The second-order valence-corrected chi connectivity index (χ2v) is 8.27. The van der Waals surface area contributed by atoms with Gasteiger partial charge in [0.1, 0.15) is 24.6 Å². The maximum atomic E-state index is 13.5. The quantitative estimate of drug-likeness (QED) is 0.335. The summed E-state index contributed by atoms with van der Waals surface area (Å²) in [5.74, 6) is 0.881. The van der Waals surface area contributed by atoms with Crippen molar-refractivity contribution in [1.29, 1.82) is 0 Å². The molecular weight excluding hydrogens is 490 g/mol. The van der Waals surface area contributed by atoms with Gasteiger partial charge in [-0.1, -0.05) is 47.6 Å². The molecule has 0 fully saturated rings. The number of anilines is 1. The first kappa shape index (κ1) is 24.5. The molecule has 2 heterocycles. The van der Waals surface area contributed by atoms with Crippen molar-refractivity contribution >= 4 is 22.5 Å². The number of hydrogen-bond donors (Lipinski definition) is 1. The third kappa shape index (κ3) is 4.76. The lowest BCUT2D eigenvalue weighted by Crippen LogP contribution is -2.42. The van der Waals surface area contributed by atoms with Crippen LogP contribution >= 0.6 is 0 Å². The zero-order chi connectivity index (χ0) is 26.6. The molecule has 11 heteroatoms. The number of carbonyl (C=O) groups excluding carboxylic acids is 1. The lowest BCUT2D eigenvalue weighted by Gasteiger charge is -2.15. The number of aromatic nitrogens is 4. The number of hydrogen-bond acceptors (Lipinski definition) is 8. The Morgan fingerprint density at radius 1 is 0.947 bits per heavy atom. The maximum absolute atomic E-state index is 13.5. The highest BCUT2D eigenvalue weighted by Gasteiger charge is 2.19. The number of carbonyl (C=O) groups is 1. The second kappa shape index (κ2) is 10.4. The normalized spacial score (nSPS) is 10.9. The Bertz CT molecular complexity index is 1740. The molecular formula is C27H23N5O6. The average Bonchev–Trinajstić information content (AvgIpc) is 3.43. The molecule has 2 aromatic heterocycles. The number of nitrogens with zero attached hydrogens (tertiary/aromatic N) is 4. The molecule has 0 aliphatic carbocycles. The monoisotopic (exact) mass is 513 g/mol. The summed E-state index contributed by atoms with van der Waals surface area (Å²) in [7, 11) is 3.00. The van der Waals surface area contributed by atoms with Crippen molar-refractivity contribution in [1.82, 2.24) is 19.3 Å². The lowest BCUT2D eigenvalue weighted by molar-refractivity contribution is -0.116. The van der Waals surface area contributed by atoms with Crippen LogP contribution in [0.25, 0.3) is 22.3 Å². The Kier molecular flexibility index (Phi) is 6.72. The van der Waals surface area contributed by atoms with Crippen LogP contribution in [-0.2, 0) is 17.9 Å². The standard InChI is InChI=1S/C27H23N5O6/c1-36-18-12-13-20(22(14-18)37-2)28-23(33)15-31-21-11-7-6-10-19(21)26(34)32(27(31)35)16-24-29-25(30-38-24)17-8-4-3-5-9-17/h3-14H,15-16H2,1-2H3,(H,28,33). The van der Waals surface area contributed by atoms with Crippen LogP contribution in [0.5, 0.6) is 11.5 Å². The molecule has 0 bridgehead atoms. The van der Waals surface area contributed by atoms with Crippen LogP contribution in [0.1, 0.15) is 5.89 Å².